The summed E-state index contributed by atoms with van der Waals surface area (Å²) in [6, 6.07) is 9.04. The number of alkyl carbamates (subject to hydrolysis) is 1. The molecular weight excluding hydrogens is 294 g/mol. The Morgan fingerprint density at radius 2 is 1.83 bits per heavy atom. The number of hydrogen-bond donors (Lipinski definition) is 2. The second-order valence-corrected chi connectivity index (χ2v) is 6.31. The van der Waals surface area contributed by atoms with Crippen molar-refractivity contribution in [3.05, 3.63) is 35.4 Å². The van der Waals surface area contributed by atoms with E-state index < -0.39 is 11.7 Å². The lowest BCUT2D eigenvalue weighted by Crippen LogP contribution is -2.39. The molecule has 0 saturated heterocycles. The average Bonchev–Trinajstić information content (AvgIpc) is 2.49. The van der Waals surface area contributed by atoms with Gasteiger partial charge >= 0.3 is 6.09 Å². The van der Waals surface area contributed by atoms with Crippen molar-refractivity contribution in [2.75, 3.05) is 6.54 Å². The summed E-state index contributed by atoms with van der Waals surface area (Å²) in [5.41, 5.74) is 0.921. The maximum atomic E-state index is 12.0. The minimum Gasteiger partial charge on any atom is -0.444 e. The van der Waals surface area contributed by atoms with E-state index in [0.29, 0.717) is 12.1 Å². The third-order valence-electron chi connectivity index (χ3n) is 2.95. The quantitative estimate of drug-likeness (QED) is 0.872. The maximum absolute atomic E-state index is 12.0. The third-order valence-corrected chi connectivity index (χ3v) is 2.95. The summed E-state index contributed by atoms with van der Waals surface area (Å²) in [5.74, 6) is -0.536. The lowest BCUT2D eigenvalue weighted by Gasteiger charge is -2.20. The molecule has 0 radical (unpaired) electrons. The Kier molecular flexibility index (Phi) is 6.58. The minimum absolute atomic E-state index is 0.162. The molecular formula is C17H23N3O3. The topological polar surface area (TPSA) is 91.2 Å². The smallest absolute Gasteiger partial charge is 0.407 e. The third kappa shape index (κ3) is 7.32. The van der Waals surface area contributed by atoms with Crippen molar-refractivity contribution < 1.29 is 14.3 Å². The largest absolute Gasteiger partial charge is 0.444 e. The van der Waals surface area contributed by atoms with Gasteiger partial charge in [-0.3, -0.25) is 4.79 Å². The highest BCUT2D eigenvalue weighted by Gasteiger charge is 2.18. The summed E-state index contributed by atoms with van der Waals surface area (Å²) < 4.78 is 5.11. The number of carbonyl (C=O) groups is 2. The number of nitrogens with one attached hydrogen (secondary N) is 2. The number of nitriles is 1. The fraction of sp³-hybridized carbons (Fsp3) is 0.471. The molecule has 23 heavy (non-hydrogen) atoms. The number of amides is 2. The van der Waals surface area contributed by atoms with E-state index in [2.05, 4.69) is 10.6 Å². The monoisotopic (exact) mass is 317 g/mol. The molecule has 0 aliphatic rings. The molecule has 0 aliphatic carbocycles. The van der Waals surface area contributed by atoms with Crippen LogP contribution in [0.3, 0.4) is 0 Å². The van der Waals surface area contributed by atoms with Gasteiger partial charge in [-0.05, 0) is 38.5 Å². The van der Waals surface area contributed by atoms with E-state index in [0.717, 1.165) is 5.56 Å². The van der Waals surface area contributed by atoms with Crippen LogP contribution in [0.25, 0.3) is 0 Å². The van der Waals surface area contributed by atoms with E-state index in [4.69, 9.17) is 10.00 Å². The molecule has 0 fully saturated rings. The standard InChI is InChI=1S/C17H23N3O3/c1-12(10-20-16(22)23-17(2,3)4)15(21)19-11-14-7-5-13(9-18)6-8-14/h5-8,12H,10-11H2,1-4H3,(H,19,21)(H,20,22). The number of rotatable bonds is 5. The lowest BCUT2D eigenvalue weighted by molar-refractivity contribution is -0.124. The number of carbonyl (C=O) groups excluding carboxylic acids is 2. The lowest BCUT2D eigenvalue weighted by atomic mass is 10.1. The molecule has 0 aliphatic heterocycles. The molecule has 6 heteroatoms. The van der Waals surface area contributed by atoms with Crippen molar-refractivity contribution >= 4 is 12.0 Å². The fourth-order valence-electron chi connectivity index (χ4n) is 1.70. The Hall–Kier alpha value is -2.55. The van der Waals surface area contributed by atoms with Crippen LogP contribution < -0.4 is 10.6 Å². The maximum Gasteiger partial charge on any atom is 0.407 e. The first-order chi connectivity index (χ1) is 10.7. The first-order valence-corrected chi connectivity index (χ1v) is 7.45. The van der Waals surface area contributed by atoms with Gasteiger partial charge in [0.25, 0.3) is 0 Å². The SMILES string of the molecule is CC(CNC(=O)OC(C)(C)C)C(=O)NCc1ccc(C#N)cc1. The zero-order valence-corrected chi connectivity index (χ0v) is 14.0. The van der Waals surface area contributed by atoms with Gasteiger partial charge in [0, 0.05) is 13.1 Å². The highest BCUT2D eigenvalue weighted by Crippen LogP contribution is 2.07. The summed E-state index contributed by atoms with van der Waals surface area (Å²) in [7, 11) is 0. The number of nitrogens with zero attached hydrogens (tertiary/aromatic N) is 1. The van der Waals surface area contributed by atoms with Gasteiger partial charge < -0.3 is 15.4 Å². The van der Waals surface area contributed by atoms with Crippen LogP contribution in [0.1, 0.15) is 38.8 Å². The van der Waals surface area contributed by atoms with Crippen molar-refractivity contribution in [3.63, 3.8) is 0 Å². The first-order valence-electron chi connectivity index (χ1n) is 7.45. The molecule has 1 aromatic carbocycles. The Balaban J connectivity index is 2.36. The van der Waals surface area contributed by atoms with Gasteiger partial charge in [0.1, 0.15) is 5.60 Å². The summed E-state index contributed by atoms with van der Waals surface area (Å²) >= 11 is 0. The van der Waals surface area contributed by atoms with Crippen LogP contribution in [0.4, 0.5) is 4.79 Å². The number of benzene rings is 1. The average molecular weight is 317 g/mol. The molecule has 0 bridgehead atoms. The van der Waals surface area contributed by atoms with Crippen LogP contribution >= 0.6 is 0 Å². The summed E-state index contributed by atoms with van der Waals surface area (Å²) in [4.78, 5) is 23.5. The van der Waals surface area contributed by atoms with E-state index in [-0.39, 0.29) is 18.4 Å². The van der Waals surface area contributed by atoms with E-state index >= 15 is 0 Å². The van der Waals surface area contributed by atoms with Gasteiger partial charge in [-0.2, -0.15) is 5.26 Å². The molecule has 0 spiro atoms. The molecule has 124 valence electrons. The minimum atomic E-state index is -0.564. The van der Waals surface area contributed by atoms with Crippen LogP contribution in [-0.4, -0.2) is 24.1 Å². The summed E-state index contributed by atoms with van der Waals surface area (Å²) in [5, 5.41) is 14.1. The molecule has 6 nitrogen and oxygen atoms in total. The van der Waals surface area contributed by atoms with E-state index in [1.165, 1.54) is 0 Å². The second kappa shape index (κ2) is 8.18. The molecule has 0 saturated carbocycles. The Labute approximate surface area is 136 Å². The van der Waals surface area contributed by atoms with Gasteiger partial charge in [-0.1, -0.05) is 19.1 Å². The van der Waals surface area contributed by atoms with Crippen LogP contribution in [-0.2, 0) is 16.1 Å². The van der Waals surface area contributed by atoms with E-state index in [1.807, 2.05) is 6.07 Å². The predicted octanol–water partition coefficient (Wildman–Crippen LogP) is 2.34. The van der Waals surface area contributed by atoms with Crippen LogP contribution in [0.15, 0.2) is 24.3 Å². The molecule has 0 heterocycles. The Morgan fingerprint density at radius 3 is 2.35 bits per heavy atom. The van der Waals surface area contributed by atoms with Crippen molar-refractivity contribution in [2.24, 2.45) is 5.92 Å². The summed E-state index contributed by atoms with van der Waals surface area (Å²) in [6.07, 6.45) is -0.538. The molecule has 1 atom stereocenters. The van der Waals surface area contributed by atoms with Crippen LogP contribution in [0, 0.1) is 17.2 Å². The van der Waals surface area contributed by atoms with Gasteiger partial charge in [-0.15, -0.1) is 0 Å². The van der Waals surface area contributed by atoms with Crippen molar-refractivity contribution in [1.82, 2.24) is 10.6 Å². The predicted molar refractivity (Wildman–Crippen MR) is 86.4 cm³/mol. The highest BCUT2D eigenvalue weighted by atomic mass is 16.6. The second-order valence-electron chi connectivity index (χ2n) is 6.31. The zero-order valence-electron chi connectivity index (χ0n) is 14.0. The zero-order chi connectivity index (χ0) is 17.5. The van der Waals surface area contributed by atoms with Gasteiger partial charge in [0.15, 0.2) is 0 Å². The summed E-state index contributed by atoms with van der Waals surface area (Å²) in [6.45, 7) is 7.64. The Morgan fingerprint density at radius 1 is 1.22 bits per heavy atom. The van der Waals surface area contributed by atoms with Gasteiger partial charge in [0.2, 0.25) is 5.91 Å². The van der Waals surface area contributed by atoms with Crippen molar-refractivity contribution in [3.8, 4) is 6.07 Å². The van der Waals surface area contributed by atoms with Gasteiger partial charge in [0.05, 0.1) is 17.6 Å². The van der Waals surface area contributed by atoms with E-state index in [9.17, 15) is 9.59 Å². The van der Waals surface area contributed by atoms with Gasteiger partial charge in [-0.25, -0.2) is 4.79 Å². The fourth-order valence-corrected chi connectivity index (χ4v) is 1.70. The molecule has 2 amide bonds. The highest BCUT2D eigenvalue weighted by molar-refractivity contribution is 5.79. The van der Waals surface area contributed by atoms with E-state index in [1.54, 1.807) is 52.0 Å². The normalized spacial score (nSPS) is 12.0. The first kappa shape index (κ1) is 18.5. The van der Waals surface area contributed by atoms with Crippen LogP contribution in [0.2, 0.25) is 0 Å². The Bertz CT molecular complexity index is 583. The molecule has 1 unspecified atom stereocenters. The van der Waals surface area contributed by atoms with Crippen LogP contribution in [0.5, 0.6) is 0 Å². The number of ether oxygens (including phenoxy) is 1. The molecule has 0 aromatic heterocycles. The molecule has 1 aromatic rings. The van der Waals surface area contributed by atoms with Crippen molar-refractivity contribution in [2.45, 2.75) is 39.8 Å². The molecule has 2 N–H and O–H groups in total. The number of hydrogen-bond acceptors (Lipinski definition) is 4. The molecule has 1 rings (SSSR count). The van der Waals surface area contributed by atoms with Crippen molar-refractivity contribution in [1.29, 1.82) is 5.26 Å².